The minimum Gasteiger partial charge on any atom is -0.247 e. The van der Waals surface area contributed by atoms with E-state index in [2.05, 4.69) is 31.0 Å². The molecule has 0 bridgehead atoms. The number of benzene rings is 1. The number of hydrogen-bond acceptors (Lipinski definition) is 2. The van der Waals surface area contributed by atoms with Crippen molar-refractivity contribution in [1.29, 1.82) is 0 Å². The van der Waals surface area contributed by atoms with Crippen molar-refractivity contribution in [2.45, 2.75) is 26.2 Å². The third-order valence-corrected chi connectivity index (χ3v) is 2.67. The second-order valence-corrected chi connectivity index (χ2v) is 4.99. The number of nitrogens with zero attached hydrogens (tertiary/aromatic N) is 1. The predicted molar refractivity (Wildman–Crippen MR) is 65.7 cm³/mol. The molecule has 2 rings (SSSR count). The number of aromatic nitrogens is 3. The van der Waals surface area contributed by atoms with E-state index < -0.39 is 11.4 Å². The van der Waals surface area contributed by atoms with E-state index in [1.807, 2.05) is 12.1 Å². The number of rotatable bonds is 1. The lowest BCUT2D eigenvalue weighted by atomic mass is 9.87. The van der Waals surface area contributed by atoms with E-state index in [9.17, 15) is 9.59 Å². The molecule has 0 saturated heterocycles. The fraction of sp³-hybridized carbons (Fsp3) is 0.333. The number of nitrogens with one attached hydrogen (secondary N) is 2. The Morgan fingerprint density at radius 2 is 1.41 bits per heavy atom. The topological polar surface area (TPSA) is 70.7 Å². The molecule has 90 valence electrons. The molecule has 0 fully saturated rings. The predicted octanol–water partition coefficient (Wildman–Crippen LogP) is 1.15. The maximum absolute atomic E-state index is 11.4. The van der Waals surface area contributed by atoms with Gasteiger partial charge in [-0.05, 0) is 23.1 Å². The Kier molecular flexibility index (Phi) is 2.53. The quantitative estimate of drug-likeness (QED) is 0.775. The van der Waals surface area contributed by atoms with Gasteiger partial charge in [-0.3, -0.25) is 0 Å². The number of hydrogen-bond donors (Lipinski definition) is 2. The van der Waals surface area contributed by atoms with Crippen LogP contribution in [-0.2, 0) is 5.41 Å². The lowest BCUT2D eigenvalue weighted by Gasteiger charge is -2.18. The van der Waals surface area contributed by atoms with Crippen LogP contribution >= 0.6 is 0 Å². The van der Waals surface area contributed by atoms with Crippen molar-refractivity contribution < 1.29 is 0 Å². The van der Waals surface area contributed by atoms with Crippen molar-refractivity contribution in [2.24, 2.45) is 0 Å². The summed E-state index contributed by atoms with van der Waals surface area (Å²) in [5.74, 6) is 0. The summed E-state index contributed by atoms with van der Waals surface area (Å²) < 4.78 is 1.06. The van der Waals surface area contributed by atoms with Gasteiger partial charge in [0.1, 0.15) is 0 Å². The monoisotopic (exact) mass is 233 g/mol. The first-order valence-electron chi connectivity index (χ1n) is 5.40. The Bertz CT molecular complexity index is 596. The Morgan fingerprint density at radius 1 is 0.941 bits per heavy atom. The third kappa shape index (κ3) is 2.08. The third-order valence-electron chi connectivity index (χ3n) is 2.67. The molecular weight excluding hydrogens is 218 g/mol. The molecule has 0 spiro atoms. The van der Waals surface area contributed by atoms with Crippen LogP contribution < -0.4 is 11.4 Å². The fourth-order valence-electron chi connectivity index (χ4n) is 1.66. The average molecular weight is 233 g/mol. The van der Waals surface area contributed by atoms with Gasteiger partial charge in [-0.15, -0.1) is 0 Å². The van der Waals surface area contributed by atoms with E-state index in [4.69, 9.17) is 0 Å². The lowest BCUT2D eigenvalue weighted by Crippen LogP contribution is -2.24. The molecule has 2 N–H and O–H groups in total. The molecule has 0 aliphatic rings. The van der Waals surface area contributed by atoms with Crippen LogP contribution in [0.4, 0.5) is 0 Å². The molecule has 5 heteroatoms. The summed E-state index contributed by atoms with van der Waals surface area (Å²) in [4.78, 5) is 22.8. The highest BCUT2D eigenvalue weighted by Gasteiger charge is 2.13. The van der Waals surface area contributed by atoms with Gasteiger partial charge in [-0.2, -0.15) is 0 Å². The maximum atomic E-state index is 11.4. The summed E-state index contributed by atoms with van der Waals surface area (Å²) in [5.41, 5.74) is 0.845. The number of H-pyrrole nitrogens is 2. The molecule has 0 radical (unpaired) electrons. The zero-order valence-electron chi connectivity index (χ0n) is 10.1. The first-order valence-corrected chi connectivity index (χ1v) is 5.40. The molecule has 0 atom stereocenters. The normalized spacial score (nSPS) is 11.7. The first-order chi connectivity index (χ1) is 7.89. The SMILES string of the molecule is CC(C)(C)c1ccc(-n2c(=O)[nH][nH]c2=O)cc1. The standard InChI is InChI=1S/C12H15N3O2/c1-12(2,3)8-4-6-9(7-5-8)15-10(16)13-14-11(15)17/h4-7H,1-3H3,(H,13,16)(H,14,17). The van der Waals surface area contributed by atoms with Crippen molar-refractivity contribution >= 4 is 0 Å². The summed E-state index contributed by atoms with van der Waals surface area (Å²) >= 11 is 0. The van der Waals surface area contributed by atoms with Gasteiger partial charge in [0, 0.05) is 0 Å². The minimum atomic E-state index is -0.460. The van der Waals surface area contributed by atoms with Crippen molar-refractivity contribution in [3.8, 4) is 5.69 Å². The molecular formula is C12H15N3O2. The van der Waals surface area contributed by atoms with E-state index in [-0.39, 0.29) is 5.41 Å². The minimum absolute atomic E-state index is 0.0497. The van der Waals surface area contributed by atoms with E-state index in [0.717, 1.165) is 10.1 Å². The van der Waals surface area contributed by atoms with E-state index in [1.165, 1.54) is 0 Å². The van der Waals surface area contributed by atoms with Crippen molar-refractivity contribution in [3.05, 3.63) is 50.8 Å². The van der Waals surface area contributed by atoms with Gasteiger partial charge in [-0.1, -0.05) is 32.9 Å². The molecule has 0 aliphatic carbocycles. The van der Waals surface area contributed by atoms with Gasteiger partial charge >= 0.3 is 11.4 Å². The molecule has 0 amide bonds. The maximum Gasteiger partial charge on any atom is 0.348 e. The van der Waals surface area contributed by atoms with Gasteiger partial charge in [0.05, 0.1) is 5.69 Å². The Morgan fingerprint density at radius 3 is 1.82 bits per heavy atom. The summed E-state index contributed by atoms with van der Waals surface area (Å²) in [5, 5.41) is 4.50. The largest absolute Gasteiger partial charge is 0.348 e. The van der Waals surface area contributed by atoms with Crippen LogP contribution in [0.2, 0.25) is 0 Å². The molecule has 17 heavy (non-hydrogen) atoms. The summed E-state index contributed by atoms with van der Waals surface area (Å²) in [6.07, 6.45) is 0. The van der Waals surface area contributed by atoms with Crippen LogP contribution in [0.3, 0.4) is 0 Å². The first kappa shape index (κ1) is 11.4. The zero-order valence-corrected chi connectivity index (χ0v) is 10.1. The van der Waals surface area contributed by atoms with Gasteiger partial charge in [0.2, 0.25) is 0 Å². The smallest absolute Gasteiger partial charge is 0.247 e. The van der Waals surface area contributed by atoms with Crippen LogP contribution in [0.1, 0.15) is 26.3 Å². The Labute approximate surface area is 98.1 Å². The average Bonchev–Trinajstić information content (AvgIpc) is 2.58. The summed E-state index contributed by atoms with van der Waals surface area (Å²) in [6, 6.07) is 7.39. The van der Waals surface area contributed by atoms with Crippen LogP contribution in [0.15, 0.2) is 33.9 Å². The molecule has 5 nitrogen and oxygen atoms in total. The molecule has 1 aromatic heterocycles. The van der Waals surface area contributed by atoms with Crippen molar-refractivity contribution in [1.82, 2.24) is 14.8 Å². The highest BCUT2D eigenvalue weighted by molar-refractivity contribution is 5.36. The molecule has 2 aromatic rings. The lowest BCUT2D eigenvalue weighted by molar-refractivity contribution is 0.590. The second-order valence-electron chi connectivity index (χ2n) is 4.99. The Hall–Kier alpha value is -2.04. The summed E-state index contributed by atoms with van der Waals surface area (Å²) in [7, 11) is 0. The van der Waals surface area contributed by atoms with Gasteiger partial charge in [-0.25, -0.2) is 24.4 Å². The molecule has 0 aliphatic heterocycles. The van der Waals surface area contributed by atoms with E-state index >= 15 is 0 Å². The van der Waals surface area contributed by atoms with E-state index in [1.54, 1.807) is 12.1 Å². The van der Waals surface area contributed by atoms with Crippen LogP contribution in [-0.4, -0.2) is 14.8 Å². The Balaban J connectivity index is 2.51. The van der Waals surface area contributed by atoms with Crippen LogP contribution in [0, 0.1) is 0 Å². The van der Waals surface area contributed by atoms with Crippen molar-refractivity contribution in [3.63, 3.8) is 0 Å². The van der Waals surface area contributed by atoms with Gasteiger partial charge < -0.3 is 0 Å². The second kappa shape index (κ2) is 3.76. The van der Waals surface area contributed by atoms with E-state index in [0.29, 0.717) is 5.69 Å². The fourth-order valence-corrected chi connectivity index (χ4v) is 1.66. The number of aromatic amines is 2. The zero-order chi connectivity index (χ0) is 12.6. The van der Waals surface area contributed by atoms with Gasteiger partial charge in [0.25, 0.3) is 0 Å². The van der Waals surface area contributed by atoms with Crippen LogP contribution in [0.5, 0.6) is 0 Å². The highest BCUT2D eigenvalue weighted by Crippen LogP contribution is 2.22. The van der Waals surface area contributed by atoms with Crippen LogP contribution in [0.25, 0.3) is 5.69 Å². The molecule has 1 aromatic carbocycles. The highest BCUT2D eigenvalue weighted by atomic mass is 16.2. The summed E-state index contributed by atoms with van der Waals surface area (Å²) in [6.45, 7) is 6.33. The molecule has 0 saturated carbocycles. The molecule has 0 unspecified atom stereocenters. The van der Waals surface area contributed by atoms with Crippen molar-refractivity contribution in [2.75, 3.05) is 0 Å². The molecule has 1 heterocycles. The van der Waals surface area contributed by atoms with Gasteiger partial charge in [0.15, 0.2) is 0 Å².